The van der Waals surface area contributed by atoms with Gasteiger partial charge in [-0.3, -0.25) is 4.79 Å². The summed E-state index contributed by atoms with van der Waals surface area (Å²) < 4.78 is 17.5. The minimum Gasteiger partial charge on any atom is -0.467 e. The van der Waals surface area contributed by atoms with E-state index >= 15 is 0 Å². The third-order valence-corrected chi connectivity index (χ3v) is 2.20. The Morgan fingerprint density at radius 1 is 1.44 bits per heavy atom. The van der Waals surface area contributed by atoms with Gasteiger partial charge < -0.3 is 15.4 Å². The molecule has 0 aliphatic rings. The third-order valence-electron chi connectivity index (χ3n) is 2.20. The minimum absolute atomic E-state index is 0.121. The Bertz CT molecular complexity index is 437. The van der Waals surface area contributed by atoms with Crippen molar-refractivity contribution < 1.29 is 18.7 Å². The molecule has 5 nitrogen and oxygen atoms in total. The highest BCUT2D eigenvalue weighted by molar-refractivity contribution is 5.83. The fourth-order valence-corrected chi connectivity index (χ4v) is 1.40. The first kappa shape index (κ1) is 14.0. The van der Waals surface area contributed by atoms with Gasteiger partial charge in [0.05, 0.1) is 7.11 Å². The first-order valence-electron chi connectivity index (χ1n) is 5.37. The molecule has 6 heteroatoms. The number of halogens is 1. The average molecular weight is 254 g/mol. The summed E-state index contributed by atoms with van der Waals surface area (Å²) in [6, 6.07) is 5.00. The number of benzene rings is 1. The van der Waals surface area contributed by atoms with Crippen molar-refractivity contribution in [3.63, 3.8) is 0 Å². The summed E-state index contributed by atoms with van der Waals surface area (Å²) in [6.45, 7) is 1.42. The summed E-state index contributed by atoms with van der Waals surface area (Å²) in [5.74, 6) is -1.28. The molecule has 0 aliphatic heterocycles. The number of hydrogen-bond donors (Lipinski definition) is 2. The molecule has 0 fully saturated rings. The summed E-state index contributed by atoms with van der Waals surface area (Å²) in [5.41, 5.74) is 0.522. The van der Waals surface area contributed by atoms with Gasteiger partial charge in [-0.1, -0.05) is 6.07 Å². The quantitative estimate of drug-likeness (QED) is 0.767. The largest absolute Gasteiger partial charge is 0.467 e. The number of carbonyl (C=O) groups is 2. The van der Waals surface area contributed by atoms with E-state index in [1.165, 1.54) is 26.2 Å². The van der Waals surface area contributed by atoms with Crippen molar-refractivity contribution in [2.24, 2.45) is 0 Å². The maximum atomic E-state index is 12.9. The van der Waals surface area contributed by atoms with Crippen LogP contribution in [-0.2, 0) is 14.3 Å². The van der Waals surface area contributed by atoms with Crippen LogP contribution in [0.15, 0.2) is 24.3 Å². The van der Waals surface area contributed by atoms with Gasteiger partial charge >= 0.3 is 5.97 Å². The molecule has 1 aromatic rings. The molecule has 2 N–H and O–H groups in total. The van der Waals surface area contributed by atoms with Crippen LogP contribution in [0.3, 0.4) is 0 Å². The maximum absolute atomic E-state index is 12.9. The smallest absolute Gasteiger partial charge is 0.330 e. The number of amides is 1. The maximum Gasteiger partial charge on any atom is 0.330 e. The highest BCUT2D eigenvalue weighted by Crippen LogP contribution is 2.08. The molecule has 0 spiro atoms. The van der Waals surface area contributed by atoms with Crippen LogP contribution in [0.4, 0.5) is 10.1 Å². The lowest BCUT2D eigenvalue weighted by atomic mass is 10.2. The predicted molar refractivity (Wildman–Crippen MR) is 64.5 cm³/mol. The van der Waals surface area contributed by atoms with E-state index in [-0.39, 0.29) is 18.3 Å². The van der Waals surface area contributed by atoms with Crippen molar-refractivity contribution in [2.75, 3.05) is 19.0 Å². The molecule has 0 radical (unpaired) electrons. The molecule has 1 aromatic carbocycles. The van der Waals surface area contributed by atoms with Gasteiger partial charge in [-0.05, 0) is 18.2 Å². The molecule has 0 bridgehead atoms. The second-order valence-corrected chi connectivity index (χ2v) is 3.67. The van der Waals surface area contributed by atoms with Gasteiger partial charge in [0, 0.05) is 19.2 Å². The van der Waals surface area contributed by atoms with E-state index in [0.717, 1.165) is 0 Å². The molecule has 18 heavy (non-hydrogen) atoms. The standard InChI is InChI=1S/C12H15FN2O3/c1-8(16)15-11(12(17)18-2)7-14-10-5-3-4-9(13)6-10/h3-6,11,14H,7H2,1-2H3,(H,15,16). The third kappa shape index (κ3) is 4.40. The summed E-state index contributed by atoms with van der Waals surface area (Å²) in [7, 11) is 1.24. The fourth-order valence-electron chi connectivity index (χ4n) is 1.40. The SMILES string of the molecule is COC(=O)C(CNc1cccc(F)c1)NC(C)=O. The van der Waals surface area contributed by atoms with Crippen LogP contribution in [0.25, 0.3) is 0 Å². The van der Waals surface area contributed by atoms with Gasteiger partial charge in [0.2, 0.25) is 5.91 Å². The number of methoxy groups -OCH3 is 1. The highest BCUT2D eigenvalue weighted by Gasteiger charge is 2.19. The molecule has 1 atom stereocenters. The molecule has 0 aliphatic carbocycles. The van der Waals surface area contributed by atoms with Crippen LogP contribution >= 0.6 is 0 Å². The summed E-state index contributed by atoms with van der Waals surface area (Å²) in [5, 5.41) is 5.30. The normalized spacial score (nSPS) is 11.5. The van der Waals surface area contributed by atoms with E-state index < -0.39 is 12.0 Å². The molecule has 0 saturated carbocycles. The number of anilines is 1. The summed E-state index contributed by atoms with van der Waals surface area (Å²) in [4.78, 5) is 22.3. The average Bonchev–Trinajstić information content (AvgIpc) is 2.33. The zero-order valence-corrected chi connectivity index (χ0v) is 10.2. The Morgan fingerprint density at radius 3 is 2.72 bits per heavy atom. The van der Waals surface area contributed by atoms with E-state index in [2.05, 4.69) is 15.4 Å². The molecular weight excluding hydrogens is 239 g/mol. The van der Waals surface area contributed by atoms with Crippen molar-refractivity contribution in [1.82, 2.24) is 5.32 Å². The Balaban J connectivity index is 2.61. The zero-order chi connectivity index (χ0) is 13.5. The van der Waals surface area contributed by atoms with Gasteiger partial charge in [0.1, 0.15) is 11.9 Å². The van der Waals surface area contributed by atoms with Crippen molar-refractivity contribution in [2.45, 2.75) is 13.0 Å². The van der Waals surface area contributed by atoms with E-state index in [4.69, 9.17) is 0 Å². The molecule has 1 unspecified atom stereocenters. The Labute approximate surface area is 104 Å². The molecule has 98 valence electrons. The lowest BCUT2D eigenvalue weighted by Gasteiger charge is -2.16. The number of rotatable bonds is 5. The topological polar surface area (TPSA) is 67.4 Å². The van der Waals surface area contributed by atoms with E-state index in [0.29, 0.717) is 5.69 Å². The van der Waals surface area contributed by atoms with Crippen molar-refractivity contribution in [3.05, 3.63) is 30.1 Å². The Hall–Kier alpha value is -2.11. The Kier molecular flexibility index (Phi) is 5.10. The fraction of sp³-hybridized carbons (Fsp3) is 0.333. The number of nitrogens with one attached hydrogen (secondary N) is 2. The monoisotopic (exact) mass is 254 g/mol. The molecule has 0 saturated heterocycles. The van der Waals surface area contributed by atoms with Crippen molar-refractivity contribution >= 4 is 17.6 Å². The van der Waals surface area contributed by atoms with Gasteiger partial charge in [-0.2, -0.15) is 0 Å². The predicted octanol–water partition coefficient (Wildman–Crippen LogP) is 0.915. The number of ether oxygens (including phenoxy) is 1. The van der Waals surface area contributed by atoms with Crippen molar-refractivity contribution in [1.29, 1.82) is 0 Å². The first-order chi connectivity index (χ1) is 8.52. The van der Waals surface area contributed by atoms with E-state index in [1.54, 1.807) is 12.1 Å². The van der Waals surface area contributed by atoms with Crippen LogP contribution in [0.2, 0.25) is 0 Å². The van der Waals surface area contributed by atoms with Crippen LogP contribution < -0.4 is 10.6 Å². The van der Waals surface area contributed by atoms with Crippen LogP contribution in [0, 0.1) is 5.82 Å². The van der Waals surface area contributed by atoms with Crippen molar-refractivity contribution in [3.8, 4) is 0 Å². The molecule has 0 aromatic heterocycles. The second-order valence-electron chi connectivity index (χ2n) is 3.67. The number of carbonyl (C=O) groups excluding carboxylic acids is 2. The zero-order valence-electron chi connectivity index (χ0n) is 10.2. The molecule has 0 heterocycles. The van der Waals surface area contributed by atoms with Crippen LogP contribution in [0.1, 0.15) is 6.92 Å². The number of esters is 1. The summed E-state index contributed by atoms with van der Waals surface area (Å²) >= 11 is 0. The van der Waals surface area contributed by atoms with Crippen LogP contribution in [0.5, 0.6) is 0 Å². The first-order valence-corrected chi connectivity index (χ1v) is 5.37. The molecule has 1 rings (SSSR count). The highest BCUT2D eigenvalue weighted by atomic mass is 19.1. The Morgan fingerprint density at radius 2 is 2.17 bits per heavy atom. The van der Waals surface area contributed by atoms with Gasteiger partial charge in [-0.15, -0.1) is 0 Å². The van der Waals surface area contributed by atoms with Gasteiger partial charge in [0.15, 0.2) is 0 Å². The molecule has 1 amide bonds. The van der Waals surface area contributed by atoms with Gasteiger partial charge in [0.25, 0.3) is 0 Å². The lowest BCUT2D eigenvalue weighted by Crippen LogP contribution is -2.45. The lowest BCUT2D eigenvalue weighted by molar-refractivity contribution is -0.144. The van der Waals surface area contributed by atoms with E-state index in [9.17, 15) is 14.0 Å². The molecular formula is C12H15FN2O3. The summed E-state index contributed by atoms with van der Waals surface area (Å²) in [6.07, 6.45) is 0. The van der Waals surface area contributed by atoms with Gasteiger partial charge in [-0.25, -0.2) is 9.18 Å². The minimum atomic E-state index is -0.809. The van der Waals surface area contributed by atoms with Crippen LogP contribution in [-0.4, -0.2) is 31.6 Å². The van der Waals surface area contributed by atoms with E-state index in [1.807, 2.05) is 0 Å². The number of hydrogen-bond acceptors (Lipinski definition) is 4. The second kappa shape index (κ2) is 6.58.